The number of ether oxygens (including phenoxy) is 3. The molecule has 0 radical (unpaired) electrons. The predicted octanol–water partition coefficient (Wildman–Crippen LogP) is 15.4. The largest absolute Gasteiger partial charge is 0.462 e. The van der Waals surface area contributed by atoms with Gasteiger partial charge in [-0.15, -0.1) is 0 Å². The molecule has 0 heterocycles. The van der Waals surface area contributed by atoms with E-state index >= 15 is 0 Å². The first-order valence-electron chi connectivity index (χ1n) is 24.2. The highest BCUT2D eigenvalue weighted by atomic mass is 16.6. The van der Waals surface area contributed by atoms with Gasteiger partial charge in [-0.25, -0.2) is 0 Å². The van der Waals surface area contributed by atoms with Gasteiger partial charge in [-0.2, -0.15) is 0 Å². The molecule has 0 bridgehead atoms. The SMILES string of the molecule is CCCC/C=C\CCCCCCCC(=O)OC(COC(=O)CCCCCCCCCC)COC(=O)CCCCCCCCCCCCCCCCCCCC. The van der Waals surface area contributed by atoms with Crippen molar-refractivity contribution in [1.82, 2.24) is 0 Å². The summed E-state index contributed by atoms with van der Waals surface area (Å²) >= 11 is 0. The molecule has 0 aliphatic carbocycles. The fourth-order valence-electron chi connectivity index (χ4n) is 7.07. The summed E-state index contributed by atoms with van der Waals surface area (Å²) in [7, 11) is 0. The first-order chi connectivity index (χ1) is 27.0. The van der Waals surface area contributed by atoms with Gasteiger partial charge in [0.15, 0.2) is 6.10 Å². The highest BCUT2D eigenvalue weighted by Gasteiger charge is 2.19. The second kappa shape index (κ2) is 44.9. The minimum absolute atomic E-state index is 0.0690. The first kappa shape index (κ1) is 53.1. The molecule has 6 heteroatoms. The quantitative estimate of drug-likeness (QED) is 0.0265. The van der Waals surface area contributed by atoms with E-state index in [0.717, 1.165) is 64.2 Å². The maximum atomic E-state index is 12.7. The van der Waals surface area contributed by atoms with E-state index < -0.39 is 6.10 Å². The molecule has 0 aliphatic heterocycles. The predicted molar refractivity (Wildman–Crippen MR) is 233 cm³/mol. The minimum atomic E-state index is -0.765. The molecule has 0 rings (SSSR count). The molecule has 1 unspecified atom stereocenters. The Morgan fingerprint density at radius 2 is 0.618 bits per heavy atom. The Morgan fingerprint density at radius 1 is 0.345 bits per heavy atom. The van der Waals surface area contributed by atoms with Crippen LogP contribution in [-0.4, -0.2) is 37.2 Å². The highest BCUT2D eigenvalue weighted by molar-refractivity contribution is 5.71. The van der Waals surface area contributed by atoms with Crippen LogP contribution in [0, 0.1) is 0 Å². The van der Waals surface area contributed by atoms with Crippen molar-refractivity contribution in [3.63, 3.8) is 0 Å². The summed E-state index contributed by atoms with van der Waals surface area (Å²) in [6.07, 6.45) is 47.8. The number of hydrogen-bond acceptors (Lipinski definition) is 6. The van der Waals surface area contributed by atoms with E-state index in [9.17, 15) is 14.4 Å². The third kappa shape index (κ3) is 43.1. The van der Waals surface area contributed by atoms with Crippen LogP contribution in [0.2, 0.25) is 0 Å². The van der Waals surface area contributed by atoms with Crippen molar-refractivity contribution in [3.8, 4) is 0 Å². The molecule has 0 fully saturated rings. The van der Waals surface area contributed by atoms with Gasteiger partial charge in [0.05, 0.1) is 0 Å². The van der Waals surface area contributed by atoms with E-state index in [0.29, 0.717) is 19.3 Å². The monoisotopic (exact) mass is 777 g/mol. The van der Waals surface area contributed by atoms with E-state index in [1.54, 1.807) is 0 Å². The van der Waals surface area contributed by atoms with E-state index in [2.05, 4.69) is 32.9 Å². The molecule has 0 amide bonds. The van der Waals surface area contributed by atoms with Gasteiger partial charge in [0, 0.05) is 19.3 Å². The van der Waals surface area contributed by atoms with Crippen molar-refractivity contribution in [2.75, 3.05) is 13.2 Å². The summed E-state index contributed by atoms with van der Waals surface area (Å²) in [6, 6.07) is 0. The maximum Gasteiger partial charge on any atom is 0.306 e. The van der Waals surface area contributed by atoms with Crippen LogP contribution in [0.25, 0.3) is 0 Å². The Kier molecular flexibility index (Phi) is 43.4. The Balaban J connectivity index is 4.22. The fraction of sp³-hybridized carbons (Fsp3) is 0.898. The first-order valence-corrected chi connectivity index (χ1v) is 24.2. The second-order valence-corrected chi connectivity index (χ2v) is 16.4. The highest BCUT2D eigenvalue weighted by Crippen LogP contribution is 2.16. The van der Waals surface area contributed by atoms with Gasteiger partial charge in [0.25, 0.3) is 0 Å². The molecule has 0 spiro atoms. The van der Waals surface area contributed by atoms with Crippen molar-refractivity contribution in [1.29, 1.82) is 0 Å². The average molecular weight is 777 g/mol. The molecule has 6 nitrogen and oxygen atoms in total. The third-order valence-electron chi connectivity index (χ3n) is 10.8. The van der Waals surface area contributed by atoms with Crippen LogP contribution >= 0.6 is 0 Å². The summed E-state index contributed by atoms with van der Waals surface area (Å²) in [4.78, 5) is 37.7. The van der Waals surface area contributed by atoms with Crippen LogP contribution in [0.4, 0.5) is 0 Å². The van der Waals surface area contributed by atoms with Crippen LogP contribution in [0.3, 0.4) is 0 Å². The van der Waals surface area contributed by atoms with E-state index in [1.807, 2.05) is 0 Å². The molecular weight excluding hydrogens is 685 g/mol. The third-order valence-corrected chi connectivity index (χ3v) is 10.8. The van der Waals surface area contributed by atoms with E-state index in [4.69, 9.17) is 14.2 Å². The maximum absolute atomic E-state index is 12.7. The lowest BCUT2D eigenvalue weighted by Gasteiger charge is -2.18. The van der Waals surface area contributed by atoms with Gasteiger partial charge >= 0.3 is 17.9 Å². The number of carbonyl (C=O) groups excluding carboxylic acids is 3. The number of allylic oxidation sites excluding steroid dienone is 2. The molecular formula is C49H92O6. The molecule has 0 saturated carbocycles. The average Bonchev–Trinajstić information content (AvgIpc) is 3.18. The van der Waals surface area contributed by atoms with Gasteiger partial charge < -0.3 is 14.2 Å². The van der Waals surface area contributed by atoms with Gasteiger partial charge in [-0.05, 0) is 38.5 Å². The number of hydrogen-bond donors (Lipinski definition) is 0. The lowest BCUT2D eigenvalue weighted by atomic mass is 10.0. The van der Waals surface area contributed by atoms with Gasteiger partial charge in [0.1, 0.15) is 13.2 Å². The van der Waals surface area contributed by atoms with Crippen molar-refractivity contribution >= 4 is 17.9 Å². The lowest BCUT2D eigenvalue weighted by molar-refractivity contribution is -0.167. The molecule has 55 heavy (non-hydrogen) atoms. The van der Waals surface area contributed by atoms with Gasteiger partial charge in [-0.3, -0.25) is 14.4 Å². The molecule has 1 atom stereocenters. The zero-order chi connectivity index (χ0) is 40.1. The normalized spacial score (nSPS) is 12.0. The lowest BCUT2D eigenvalue weighted by Crippen LogP contribution is -2.30. The number of esters is 3. The van der Waals surface area contributed by atoms with Gasteiger partial charge in [-0.1, -0.05) is 219 Å². The summed E-state index contributed by atoms with van der Waals surface area (Å²) in [5.41, 5.74) is 0. The number of unbranched alkanes of at least 4 members (excludes halogenated alkanes) is 31. The number of rotatable bonds is 44. The smallest absolute Gasteiger partial charge is 0.306 e. The molecule has 0 aromatic carbocycles. The van der Waals surface area contributed by atoms with Crippen molar-refractivity contribution in [2.24, 2.45) is 0 Å². The van der Waals surface area contributed by atoms with Crippen LogP contribution < -0.4 is 0 Å². The Hall–Kier alpha value is -1.85. The standard InChI is InChI=1S/C49H92O6/c1-4-7-10-13-16-19-21-22-23-24-25-26-27-29-30-33-36-39-42-48(51)54-45-46(44-53-47(50)41-38-35-32-18-15-12-9-6-3)55-49(52)43-40-37-34-31-28-20-17-14-11-8-5-2/h14,17,46H,4-13,15-16,18-45H2,1-3H3/b17-14-. The molecule has 0 aromatic heterocycles. The minimum Gasteiger partial charge on any atom is -0.462 e. The zero-order valence-corrected chi connectivity index (χ0v) is 37.0. The van der Waals surface area contributed by atoms with Gasteiger partial charge in [0.2, 0.25) is 0 Å². The van der Waals surface area contributed by atoms with Crippen LogP contribution in [-0.2, 0) is 28.6 Å². The molecule has 0 saturated heterocycles. The zero-order valence-electron chi connectivity index (χ0n) is 37.0. The molecule has 0 aliphatic rings. The van der Waals surface area contributed by atoms with Crippen molar-refractivity contribution in [2.45, 2.75) is 271 Å². The summed E-state index contributed by atoms with van der Waals surface area (Å²) in [5, 5.41) is 0. The summed E-state index contributed by atoms with van der Waals surface area (Å²) < 4.78 is 16.7. The van der Waals surface area contributed by atoms with E-state index in [1.165, 1.54) is 161 Å². The van der Waals surface area contributed by atoms with Crippen LogP contribution in [0.1, 0.15) is 265 Å². The molecule has 0 N–H and O–H groups in total. The second-order valence-electron chi connectivity index (χ2n) is 16.4. The van der Waals surface area contributed by atoms with Crippen LogP contribution in [0.5, 0.6) is 0 Å². The molecule has 0 aromatic rings. The molecule has 324 valence electrons. The summed E-state index contributed by atoms with van der Waals surface area (Å²) in [5.74, 6) is -0.872. The Bertz CT molecular complexity index is 854. The Morgan fingerprint density at radius 3 is 0.964 bits per heavy atom. The number of carbonyl (C=O) groups is 3. The Labute approximate surface area is 341 Å². The fourth-order valence-corrected chi connectivity index (χ4v) is 7.07. The topological polar surface area (TPSA) is 78.9 Å². The van der Waals surface area contributed by atoms with Crippen molar-refractivity contribution < 1.29 is 28.6 Å². The summed E-state index contributed by atoms with van der Waals surface area (Å²) in [6.45, 7) is 6.59. The van der Waals surface area contributed by atoms with Crippen molar-refractivity contribution in [3.05, 3.63) is 12.2 Å². The van der Waals surface area contributed by atoms with E-state index in [-0.39, 0.29) is 31.1 Å². The van der Waals surface area contributed by atoms with Crippen LogP contribution in [0.15, 0.2) is 12.2 Å².